The van der Waals surface area contributed by atoms with E-state index in [9.17, 15) is 4.39 Å². The van der Waals surface area contributed by atoms with Crippen molar-refractivity contribution in [2.45, 2.75) is 25.3 Å². The zero-order valence-corrected chi connectivity index (χ0v) is 7.91. The molecular weight excluding hydrogens is 181 g/mol. The molecule has 1 saturated carbocycles. The summed E-state index contributed by atoms with van der Waals surface area (Å²) in [4.78, 5) is 0. The summed E-state index contributed by atoms with van der Waals surface area (Å²) in [5, 5.41) is 9.17. The molecule has 76 valence electrons. The van der Waals surface area contributed by atoms with Crippen LogP contribution in [0.3, 0.4) is 0 Å². The molecule has 1 aliphatic carbocycles. The first-order chi connectivity index (χ1) is 6.66. The molecule has 1 aliphatic rings. The molecule has 1 unspecified atom stereocenters. The highest BCUT2D eigenvalue weighted by molar-refractivity contribution is 5.30. The number of hydrogen-bond donors (Lipinski definition) is 2. The van der Waals surface area contributed by atoms with Crippen LogP contribution >= 0.6 is 0 Å². The summed E-state index contributed by atoms with van der Waals surface area (Å²) in [5.41, 5.74) is 6.74. The smallest absolute Gasteiger partial charge is 0.164 e. The Hall–Kier alpha value is -1.09. The zero-order valence-electron chi connectivity index (χ0n) is 7.91. The van der Waals surface area contributed by atoms with Gasteiger partial charge in [0.1, 0.15) is 0 Å². The fourth-order valence-electron chi connectivity index (χ4n) is 1.61. The number of hydrogen-bond acceptors (Lipinski definition) is 2. The summed E-state index contributed by atoms with van der Waals surface area (Å²) in [6.07, 6.45) is 3.44. The van der Waals surface area contributed by atoms with E-state index in [1.165, 1.54) is 25.0 Å². The Bertz CT molecular complexity index is 336. The average Bonchev–Trinajstić information content (AvgIpc) is 2.93. The SMILES string of the molecule is NC(CC1CC1)c1ccc(F)c(O)c1. The van der Waals surface area contributed by atoms with E-state index >= 15 is 0 Å². The van der Waals surface area contributed by atoms with E-state index in [0.717, 1.165) is 17.9 Å². The minimum absolute atomic E-state index is 0.0750. The Morgan fingerprint density at radius 3 is 2.79 bits per heavy atom. The highest BCUT2D eigenvalue weighted by Crippen LogP contribution is 2.37. The lowest BCUT2D eigenvalue weighted by Gasteiger charge is -2.11. The van der Waals surface area contributed by atoms with Crippen molar-refractivity contribution in [3.8, 4) is 5.75 Å². The van der Waals surface area contributed by atoms with Gasteiger partial charge in [0, 0.05) is 6.04 Å². The first-order valence-electron chi connectivity index (χ1n) is 4.91. The van der Waals surface area contributed by atoms with Gasteiger partial charge in [-0.15, -0.1) is 0 Å². The molecule has 0 heterocycles. The summed E-state index contributed by atoms with van der Waals surface area (Å²) in [7, 11) is 0. The van der Waals surface area contributed by atoms with Crippen LogP contribution in [0.2, 0.25) is 0 Å². The minimum atomic E-state index is -0.590. The molecule has 2 nitrogen and oxygen atoms in total. The summed E-state index contributed by atoms with van der Waals surface area (Å²) >= 11 is 0. The molecule has 0 aliphatic heterocycles. The molecule has 0 radical (unpaired) electrons. The number of benzene rings is 1. The maximum Gasteiger partial charge on any atom is 0.164 e. The van der Waals surface area contributed by atoms with E-state index in [4.69, 9.17) is 10.8 Å². The van der Waals surface area contributed by atoms with Gasteiger partial charge in [0.25, 0.3) is 0 Å². The molecule has 1 aromatic rings. The van der Waals surface area contributed by atoms with E-state index in [-0.39, 0.29) is 11.8 Å². The van der Waals surface area contributed by atoms with Crippen molar-refractivity contribution < 1.29 is 9.50 Å². The molecule has 14 heavy (non-hydrogen) atoms. The molecule has 1 aromatic carbocycles. The lowest BCUT2D eigenvalue weighted by Crippen LogP contribution is -2.10. The molecule has 2 rings (SSSR count). The van der Waals surface area contributed by atoms with Crippen molar-refractivity contribution in [2.75, 3.05) is 0 Å². The quantitative estimate of drug-likeness (QED) is 0.777. The van der Waals surface area contributed by atoms with Gasteiger partial charge in [-0.05, 0) is 30.0 Å². The standard InChI is InChI=1S/C11H14FNO/c12-9-4-3-8(6-11(9)14)10(13)5-7-1-2-7/h3-4,6-7,10,14H,1-2,5,13H2. The fraction of sp³-hybridized carbons (Fsp3) is 0.455. The van der Waals surface area contributed by atoms with E-state index in [1.54, 1.807) is 6.07 Å². The average molecular weight is 195 g/mol. The highest BCUT2D eigenvalue weighted by atomic mass is 19.1. The number of halogens is 1. The van der Waals surface area contributed by atoms with Gasteiger partial charge in [-0.1, -0.05) is 18.9 Å². The summed E-state index contributed by atoms with van der Waals surface area (Å²) in [5.74, 6) is -0.168. The van der Waals surface area contributed by atoms with E-state index in [2.05, 4.69) is 0 Å². The van der Waals surface area contributed by atoms with Gasteiger partial charge in [-0.3, -0.25) is 0 Å². The Labute approximate surface area is 82.5 Å². The Morgan fingerprint density at radius 1 is 1.50 bits per heavy atom. The molecule has 0 aromatic heterocycles. The first kappa shape index (κ1) is 9.46. The molecular formula is C11H14FNO. The molecule has 0 spiro atoms. The van der Waals surface area contributed by atoms with Crippen molar-refractivity contribution in [3.05, 3.63) is 29.6 Å². The van der Waals surface area contributed by atoms with Crippen LogP contribution in [0.4, 0.5) is 4.39 Å². The highest BCUT2D eigenvalue weighted by Gasteiger charge is 2.24. The number of phenols is 1. The van der Waals surface area contributed by atoms with Gasteiger partial charge in [-0.2, -0.15) is 0 Å². The van der Waals surface area contributed by atoms with Crippen LogP contribution in [0, 0.1) is 11.7 Å². The van der Waals surface area contributed by atoms with Gasteiger partial charge in [0.05, 0.1) is 0 Å². The Morgan fingerprint density at radius 2 is 2.21 bits per heavy atom. The van der Waals surface area contributed by atoms with E-state index in [0.29, 0.717) is 0 Å². The van der Waals surface area contributed by atoms with Crippen molar-refractivity contribution in [3.63, 3.8) is 0 Å². The lowest BCUT2D eigenvalue weighted by molar-refractivity contribution is 0.430. The second-order valence-corrected chi connectivity index (χ2v) is 4.00. The van der Waals surface area contributed by atoms with Crippen LogP contribution in [-0.2, 0) is 0 Å². The molecule has 3 N–H and O–H groups in total. The second kappa shape index (κ2) is 3.58. The normalized spacial score (nSPS) is 18.1. The van der Waals surface area contributed by atoms with Crippen LogP contribution in [-0.4, -0.2) is 5.11 Å². The minimum Gasteiger partial charge on any atom is -0.505 e. The predicted molar refractivity (Wildman–Crippen MR) is 52.3 cm³/mol. The maximum absolute atomic E-state index is 12.7. The second-order valence-electron chi connectivity index (χ2n) is 4.00. The topological polar surface area (TPSA) is 46.2 Å². The van der Waals surface area contributed by atoms with Gasteiger partial charge in [0.2, 0.25) is 0 Å². The van der Waals surface area contributed by atoms with Gasteiger partial charge in [-0.25, -0.2) is 4.39 Å². The monoisotopic (exact) mass is 195 g/mol. The fourth-order valence-corrected chi connectivity index (χ4v) is 1.61. The predicted octanol–water partition coefficient (Wildman–Crippen LogP) is 2.33. The van der Waals surface area contributed by atoms with Crippen LogP contribution in [0.25, 0.3) is 0 Å². The summed E-state index contributed by atoms with van der Waals surface area (Å²) in [6.45, 7) is 0. The third kappa shape index (κ3) is 2.04. The van der Waals surface area contributed by atoms with Crippen LogP contribution in [0.5, 0.6) is 5.75 Å². The third-order valence-corrected chi connectivity index (χ3v) is 2.68. The molecule has 0 saturated heterocycles. The van der Waals surface area contributed by atoms with Crippen molar-refractivity contribution in [1.29, 1.82) is 0 Å². The summed E-state index contributed by atoms with van der Waals surface area (Å²) < 4.78 is 12.7. The van der Waals surface area contributed by atoms with Crippen molar-refractivity contribution >= 4 is 0 Å². The third-order valence-electron chi connectivity index (χ3n) is 2.68. The molecule has 3 heteroatoms. The van der Waals surface area contributed by atoms with Crippen LogP contribution in [0.1, 0.15) is 30.9 Å². The van der Waals surface area contributed by atoms with Crippen LogP contribution < -0.4 is 5.73 Å². The van der Waals surface area contributed by atoms with Crippen molar-refractivity contribution in [1.82, 2.24) is 0 Å². The number of rotatable bonds is 3. The van der Waals surface area contributed by atoms with Gasteiger partial charge < -0.3 is 10.8 Å². The zero-order chi connectivity index (χ0) is 10.1. The molecule has 1 fully saturated rings. The van der Waals surface area contributed by atoms with Crippen molar-refractivity contribution in [2.24, 2.45) is 11.7 Å². The van der Waals surface area contributed by atoms with E-state index in [1.807, 2.05) is 0 Å². The number of nitrogens with two attached hydrogens (primary N) is 1. The number of phenolic OH excluding ortho intramolecular Hbond substituents is 1. The first-order valence-corrected chi connectivity index (χ1v) is 4.91. The Balaban J connectivity index is 2.10. The lowest BCUT2D eigenvalue weighted by atomic mass is 10.0. The molecule has 0 bridgehead atoms. The molecule has 0 amide bonds. The number of aromatic hydroxyl groups is 1. The molecule has 1 atom stereocenters. The van der Waals surface area contributed by atoms with Crippen LogP contribution in [0.15, 0.2) is 18.2 Å². The van der Waals surface area contributed by atoms with Gasteiger partial charge in [0.15, 0.2) is 11.6 Å². The maximum atomic E-state index is 12.7. The Kier molecular flexibility index (Phi) is 2.42. The summed E-state index contributed by atoms with van der Waals surface area (Å²) in [6, 6.07) is 4.25. The largest absolute Gasteiger partial charge is 0.505 e. The van der Waals surface area contributed by atoms with E-state index < -0.39 is 5.82 Å². The van der Waals surface area contributed by atoms with Gasteiger partial charge >= 0.3 is 0 Å².